The maximum absolute atomic E-state index is 13.2. The van der Waals surface area contributed by atoms with Gasteiger partial charge in [0, 0.05) is 37.9 Å². The van der Waals surface area contributed by atoms with Crippen molar-refractivity contribution in [3.05, 3.63) is 64.0 Å². The molecule has 1 aliphatic rings. The highest BCUT2D eigenvalue weighted by Crippen LogP contribution is 2.27. The molecule has 0 spiro atoms. The van der Waals surface area contributed by atoms with Gasteiger partial charge in [-0.05, 0) is 36.8 Å². The van der Waals surface area contributed by atoms with E-state index in [1.807, 2.05) is 4.90 Å². The number of piperazine rings is 1. The van der Waals surface area contributed by atoms with Gasteiger partial charge in [-0.3, -0.25) is 24.6 Å². The zero-order valence-corrected chi connectivity index (χ0v) is 17.0. The van der Waals surface area contributed by atoms with E-state index in [4.69, 9.17) is 4.74 Å². The van der Waals surface area contributed by atoms with Crippen LogP contribution in [0.15, 0.2) is 42.5 Å². The third-order valence-electron chi connectivity index (χ3n) is 4.86. The smallest absolute Gasteiger partial charge is 0.310 e. The van der Waals surface area contributed by atoms with Crippen molar-refractivity contribution >= 4 is 23.2 Å². The first kappa shape index (κ1) is 22.2. The Bertz CT molecular complexity index is 976. The van der Waals surface area contributed by atoms with Gasteiger partial charge in [-0.1, -0.05) is 12.1 Å². The van der Waals surface area contributed by atoms with Gasteiger partial charge in [0.25, 0.3) is 5.91 Å². The van der Waals surface area contributed by atoms with Crippen LogP contribution in [0.1, 0.15) is 5.56 Å². The maximum Gasteiger partial charge on any atom is 0.310 e. The number of hydrogen-bond donors (Lipinski definition) is 1. The standard InChI is InChI=1S/C21H23FN4O5/c1-15-5-6-18(26(29)30)19(11-15)31-14-21(28)25-9-7-24(8-10-25)13-20(27)23-17-4-2-3-16(22)12-17/h2-6,11-12H,7-10,13-14H2,1H3,(H,23,27). The van der Waals surface area contributed by atoms with Gasteiger partial charge in [-0.25, -0.2) is 4.39 Å². The Labute approximate surface area is 178 Å². The van der Waals surface area contributed by atoms with E-state index in [1.165, 1.54) is 30.3 Å². The van der Waals surface area contributed by atoms with Crippen molar-refractivity contribution in [2.24, 2.45) is 0 Å². The number of halogens is 1. The minimum atomic E-state index is -0.549. The lowest BCUT2D eigenvalue weighted by atomic mass is 10.2. The summed E-state index contributed by atoms with van der Waals surface area (Å²) in [4.78, 5) is 38.6. The molecule has 1 saturated heterocycles. The first-order valence-corrected chi connectivity index (χ1v) is 9.75. The molecule has 164 valence electrons. The Morgan fingerprint density at radius 3 is 2.58 bits per heavy atom. The van der Waals surface area contributed by atoms with E-state index >= 15 is 0 Å². The zero-order valence-electron chi connectivity index (χ0n) is 17.0. The van der Waals surface area contributed by atoms with Crippen molar-refractivity contribution in [2.45, 2.75) is 6.92 Å². The largest absolute Gasteiger partial charge is 0.477 e. The fourth-order valence-electron chi connectivity index (χ4n) is 3.24. The monoisotopic (exact) mass is 430 g/mol. The molecule has 0 saturated carbocycles. The highest BCUT2D eigenvalue weighted by atomic mass is 19.1. The molecule has 0 radical (unpaired) electrons. The van der Waals surface area contributed by atoms with E-state index in [-0.39, 0.29) is 36.4 Å². The molecule has 1 fully saturated rings. The van der Waals surface area contributed by atoms with Crippen molar-refractivity contribution in [1.29, 1.82) is 0 Å². The van der Waals surface area contributed by atoms with Crippen molar-refractivity contribution in [1.82, 2.24) is 9.80 Å². The number of anilines is 1. The summed E-state index contributed by atoms with van der Waals surface area (Å²) in [5, 5.41) is 13.8. The van der Waals surface area contributed by atoms with Gasteiger partial charge in [0.2, 0.25) is 5.91 Å². The minimum Gasteiger partial charge on any atom is -0.477 e. The van der Waals surface area contributed by atoms with E-state index in [2.05, 4.69) is 5.32 Å². The van der Waals surface area contributed by atoms with Gasteiger partial charge in [0.15, 0.2) is 12.4 Å². The quantitative estimate of drug-likeness (QED) is 0.533. The van der Waals surface area contributed by atoms with Crippen molar-refractivity contribution < 1.29 is 23.6 Å². The Morgan fingerprint density at radius 1 is 1.16 bits per heavy atom. The number of aryl methyl sites for hydroxylation is 1. The highest BCUT2D eigenvalue weighted by Gasteiger charge is 2.24. The molecule has 2 aromatic rings. The number of carbonyl (C=O) groups excluding carboxylic acids is 2. The second kappa shape index (κ2) is 9.98. The summed E-state index contributed by atoms with van der Waals surface area (Å²) >= 11 is 0. The molecule has 1 heterocycles. The number of rotatable bonds is 7. The van der Waals surface area contributed by atoms with E-state index in [1.54, 1.807) is 24.0 Å². The highest BCUT2D eigenvalue weighted by molar-refractivity contribution is 5.92. The van der Waals surface area contributed by atoms with Gasteiger partial charge in [0.05, 0.1) is 11.5 Å². The fraction of sp³-hybridized carbons (Fsp3) is 0.333. The molecule has 0 unspecified atom stereocenters. The summed E-state index contributed by atoms with van der Waals surface area (Å²) in [7, 11) is 0. The number of nitrogens with one attached hydrogen (secondary N) is 1. The zero-order chi connectivity index (χ0) is 22.4. The molecular formula is C21H23FN4O5. The lowest BCUT2D eigenvalue weighted by molar-refractivity contribution is -0.385. The van der Waals surface area contributed by atoms with E-state index in [0.717, 1.165) is 5.56 Å². The minimum absolute atomic E-state index is 0.0611. The van der Waals surface area contributed by atoms with Gasteiger partial charge >= 0.3 is 5.69 Å². The van der Waals surface area contributed by atoms with E-state index in [9.17, 15) is 24.1 Å². The summed E-state index contributed by atoms with van der Waals surface area (Å²) in [5.41, 5.74) is 0.993. The number of benzene rings is 2. The molecule has 0 bridgehead atoms. The van der Waals surface area contributed by atoms with Crippen molar-refractivity contribution in [3.8, 4) is 5.75 Å². The number of amides is 2. The lowest BCUT2D eigenvalue weighted by Crippen LogP contribution is -2.51. The summed E-state index contributed by atoms with van der Waals surface area (Å²) in [5.74, 6) is -0.908. The van der Waals surface area contributed by atoms with Crippen LogP contribution < -0.4 is 10.1 Å². The molecule has 0 aliphatic carbocycles. The molecule has 3 rings (SSSR count). The second-order valence-corrected chi connectivity index (χ2v) is 7.23. The Balaban J connectivity index is 1.45. The molecule has 0 atom stereocenters. The van der Waals surface area contributed by atoms with E-state index < -0.39 is 10.7 Å². The molecule has 10 heteroatoms. The molecule has 9 nitrogen and oxygen atoms in total. The van der Waals surface area contributed by atoms with Crippen molar-refractivity contribution in [3.63, 3.8) is 0 Å². The normalized spacial score (nSPS) is 14.2. The second-order valence-electron chi connectivity index (χ2n) is 7.23. The van der Waals surface area contributed by atoms with Crippen LogP contribution in [0.2, 0.25) is 0 Å². The Hall–Kier alpha value is -3.53. The number of nitro groups is 1. The van der Waals surface area contributed by atoms with Crippen LogP contribution in [0.25, 0.3) is 0 Å². The van der Waals surface area contributed by atoms with E-state index in [0.29, 0.717) is 31.9 Å². The number of carbonyl (C=O) groups is 2. The summed E-state index contributed by atoms with van der Waals surface area (Å²) < 4.78 is 18.6. The number of ether oxygens (including phenoxy) is 1. The average Bonchev–Trinajstić information content (AvgIpc) is 2.72. The predicted molar refractivity (Wildman–Crippen MR) is 111 cm³/mol. The SMILES string of the molecule is Cc1ccc([N+](=O)[O-])c(OCC(=O)N2CCN(CC(=O)Nc3cccc(F)c3)CC2)c1. The van der Waals surface area contributed by atoms with Crippen LogP contribution in [0, 0.1) is 22.9 Å². The summed E-state index contributed by atoms with van der Waals surface area (Å²) in [6.45, 7) is 3.41. The van der Waals surface area contributed by atoms with Crippen LogP contribution >= 0.6 is 0 Å². The molecular weight excluding hydrogens is 407 g/mol. The van der Waals surface area contributed by atoms with Crippen molar-refractivity contribution in [2.75, 3.05) is 44.6 Å². The molecule has 1 N–H and O–H groups in total. The van der Waals surface area contributed by atoms with Gasteiger partial charge < -0.3 is 15.0 Å². The van der Waals surface area contributed by atoms with Crippen LogP contribution in [0.3, 0.4) is 0 Å². The summed E-state index contributed by atoms with van der Waals surface area (Å²) in [6.07, 6.45) is 0. The van der Waals surface area contributed by atoms with Gasteiger partial charge in [0.1, 0.15) is 5.82 Å². The first-order chi connectivity index (χ1) is 14.8. The van der Waals surface area contributed by atoms with Crippen LogP contribution in [-0.2, 0) is 9.59 Å². The predicted octanol–water partition coefficient (Wildman–Crippen LogP) is 2.20. The molecule has 1 aliphatic heterocycles. The molecule has 31 heavy (non-hydrogen) atoms. The third kappa shape index (κ3) is 6.22. The lowest BCUT2D eigenvalue weighted by Gasteiger charge is -2.34. The van der Waals surface area contributed by atoms with Gasteiger partial charge in [-0.2, -0.15) is 0 Å². The average molecular weight is 430 g/mol. The fourth-order valence-corrected chi connectivity index (χ4v) is 3.24. The third-order valence-corrected chi connectivity index (χ3v) is 4.86. The number of nitro benzene ring substituents is 1. The summed E-state index contributed by atoms with van der Waals surface area (Å²) in [6, 6.07) is 10.2. The Kier molecular flexibility index (Phi) is 7.14. The van der Waals surface area contributed by atoms with Gasteiger partial charge in [-0.15, -0.1) is 0 Å². The number of nitrogens with zero attached hydrogens (tertiary/aromatic N) is 3. The molecule has 2 amide bonds. The molecule has 2 aromatic carbocycles. The van der Waals surface area contributed by atoms with Crippen LogP contribution in [0.4, 0.5) is 15.8 Å². The number of hydrogen-bond acceptors (Lipinski definition) is 6. The maximum atomic E-state index is 13.2. The Morgan fingerprint density at radius 2 is 1.90 bits per heavy atom. The molecule has 0 aromatic heterocycles. The van der Waals surface area contributed by atoms with Crippen LogP contribution in [-0.4, -0.2) is 65.9 Å². The first-order valence-electron chi connectivity index (χ1n) is 9.75. The van der Waals surface area contributed by atoms with Crippen LogP contribution in [0.5, 0.6) is 5.75 Å². The topological polar surface area (TPSA) is 105 Å².